The summed E-state index contributed by atoms with van der Waals surface area (Å²) >= 11 is 0. The van der Waals surface area contributed by atoms with Crippen LogP contribution in [0.15, 0.2) is 35.4 Å². The Morgan fingerprint density at radius 3 is 2.69 bits per heavy atom. The first kappa shape index (κ1) is 19.2. The molecule has 1 saturated heterocycles. The Hall–Kier alpha value is -1.54. The predicted molar refractivity (Wildman–Crippen MR) is 103 cm³/mol. The zero-order valence-corrected chi connectivity index (χ0v) is 16.4. The molecule has 0 bridgehead atoms. The number of aromatic nitrogens is 1. The van der Waals surface area contributed by atoms with Gasteiger partial charge in [0.25, 0.3) is 0 Å². The number of aryl methyl sites for hydroxylation is 1. The molecule has 0 saturated carbocycles. The van der Waals surface area contributed by atoms with Crippen LogP contribution in [0, 0.1) is 6.92 Å². The average molecular weight is 378 g/mol. The van der Waals surface area contributed by atoms with E-state index in [4.69, 9.17) is 4.74 Å². The van der Waals surface area contributed by atoms with Crippen LogP contribution in [0.25, 0.3) is 10.9 Å². The highest BCUT2D eigenvalue weighted by molar-refractivity contribution is 7.89. The van der Waals surface area contributed by atoms with E-state index in [1.807, 2.05) is 6.92 Å². The molecule has 1 N–H and O–H groups in total. The smallest absolute Gasteiger partial charge is 0.241 e. The Balaban J connectivity index is 1.62. The number of ether oxygens (including phenoxy) is 1. The van der Waals surface area contributed by atoms with Crippen molar-refractivity contribution in [3.05, 3.63) is 36.0 Å². The Morgan fingerprint density at radius 2 is 1.96 bits per heavy atom. The topological polar surface area (TPSA) is 71.5 Å². The Kier molecular flexibility index (Phi) is 5.92. The average Bonchev–Trinajstić information content (AvgIpc) is 2.58. The van der Waals surface area contributed by atoms with Gasteiger partial charge in [0.2, 0.25) is 10.0 Å². The molecular weight excluding hydrogens is 350 g/mol. The van der Waals surface area contributed by atoms with Crippen molar-refractivity contribution >= 4 is 20.9 Å². The van der Waals surface area contributed by atoms with E-state index >= 15 is 0 Å². The third-order valence-electron chi connectivity index (χ3n) is 4.66. The van der Waals surface area contributed by atoms with E-state index in [1.54, 1.807) is 30.5 Å². The number of rotatable bonds is 6. The summed E-state index contributed by atoms with van der Waals surface area (Å²) in [5, 5.41) is 0.663. The summed E-state index contributed by atoms with van der Waals surface area (Å²) in [6.07, 6.45) is 2.90. The standard InChI is InChI=1S/C19H27N3O3S/c1-14-7-8-18(17-6-4-9-20-19(14)17)26(23,24)21-10-5-11-22-12-15(2)25-16(3)13-22/h4,6-9,15-16,21H,5,10-13H2,1-3H3. The van der Waals surface area contributed by atoms with Crippen LogP contribution in [0.5, 0.6) is 0 Å². The van der Waals surface area contributed by atoms with Gasteiger partial charge in [-0.25, -0.2) is 13.1 Å². The first-order chi connectivity index (χ1) is 12.4. The first-order valence-corrected chi connectivity index (χ1v) is 10.6. The summed E-state index contributed by atoms with van der Waals surface area (Å²) in [5.41, 5.74) is 1.70. The highest BCUT2D eigenvalue weighted by Crippen LogP contribution is 2.24. The maximum atomic E-state index is 12.7. The van der Waals surface area contributed by atoms with Crippen molar-refractivity contribution in [1.82, 2.24) is 14.6 Å². The van der Waals surface area contributed by atoms with Gasteiger partial charge >= 0.3 is 0 Å². The summed E-state index contributed by atoms with van der Waals surface area (Å²) in [6, 6.07) is 7.04. The molecule has 3 rings (SSSR count). The zero-order chi connectivity index (χ0) is 18.7. The van der Waals surface area contributed by atoms with Gasteiger partial charge in [0, 0.05) is 31.2 Å². The van der Waals surface area contributed by atoms with E-state index in [2.05, 4.69) is 28.5 Å². The summed E-state index contributed by atoms with van der Waals surface area (Å²) in [6.45, 7) is 9.14. The van der Waals surface area contributed by atoms with Crippen molar-refractivity contribution in [2.75, 3.05) is 26.2 Å². The molecule has 0 amide bonds. The third-order valence-corrected chi connectivity index (χ3v) is 6.18. The molecule has 26 heavy (non-hydrogen) atoms. The molecule has 1 aromatic carbocycles. The first-order valence-electron chi connectivity index (χ1n) is 9.08. The molecule has 6 nitrogen and oxygen atoms in total. The van der Waals surface area contributed by atoms with Gasteiger partial charge in [0.05, 0.1) is 22.6 Å². The van der Waals surface area contributed by atoms with Gasteiger partial charge in [-0.2, -0.15) is 0 Å². The lowest BCUT2D eigenvalue weighted by Gasteiger charge is -2.35. The molecule has 1 aliphatic rings. The van der Waals surface area contributed by atoms with E-state index in [0.29, 0.717) is 16.8 Å². The van der Waals surface area contributed by atoms with Crippen molar-refractivity contribution in [2.24, 2.45) is 0 Å². The number of nitrogens with zero attached hydrogens (tertiary/aromatic N) is 2. The van der Waals surface area contributed by atoms with Crippen molar-refractivity contribution in [2.45, 2.75) is 44.3 Å². The van der Waals surface area contributed by atoms with E-state index in [-0.39, 0.29) is 12.2 Å². The van der Waals surface area contributed by atoms with E-state index < -0.39 is 10.0 Å². The lowest BCUT2D eigenvalue weighted by molar-refractivity contribution is -0.0679. The number of morpholine rings is 1. The van der Waals surface area contributed by atoms with E-state index in [0.717, 1.165) is 37.1 Å². The number of hydrogen-bond donors (Lipinski definition) is 1. The van der Waals surface area contributed by atoms with Crippen molar-refractivity contribution in [3.63, 3.8) is 0 Å². The molecule has 1 aromatic heterocycles. The molecule has 0 aliphatic carbocycles. The number of nitrogens with one attached hydrogen (secondary N) is 1. The second-order valence-corrected chi connectivity index (χ2v) is 8.78. The molecule has 2 aromatic rings. The monoisotopic (exact) mass is 377 g/mol. The number of pyridine rings is 1. The highest BCUT2D eigenvalue weighted by atomic mass is 32.2. The minimum Gasteiger partial charge on any atom is -0.373 e. The fourth-order valence-corrected chi connectivity index (χ4v) is 4.85. The molecule has 7 heteroatoms. The Labute approximate surface area is 155 Å². The Morgan fingerprint density at radius 1 is 1.23 bits per heavy atom. The van der Waals surface area contributed by atoms with Crippen molar-refractivity contribution in [1.29, 1.82) is 0 Å². The van der Waals surface area contributed by atoms with Crippen LogP contribution in [-0.4, -0.2) is 56.7 Å². The molecule has 2 atom stereocenters. The van der Waals surface area contributed by atoms with Gasteiger partial charge in [-0.3, -0.25) is 9.88 Å². The van der Waals surface area contributed by atoms with Crippen molar-refractivity contribution < 1.29 is 13.2 Å². The maximum absolute atomic E-state index is 12.7. The molecular formula is C19H27N3O3S. The number of sulfonamides is 1. The van der Waals surface area contributed by atoms with E-state index in [9.17, 15) is 8.42 Å². The Bertz CT molecular complexity index is 859. The van der Waals surface area contributed by atoms with Gasteiger partial charge < -0.3 is 4.74 Å². The van der Waals surface area contributed by atoms with Crippen LogP contribution in [0.2, 0.25) is 0 Å². The number of hydrogen-bond acceptors (Lipinski definition) is 5. The summed E-state index contributed by atoms with van der Waals surface area (Å²) in [7, 11) is -3.56. The molecule has 0 radical (unpaired) electrons. The maximum Gasteiger partial charge on any atom is 0.241 e. The number of benzene rings is 1. The minimum atomic E-state index is -3.56. The SMILES string of the molecule is Cc1ccc(S(=O)(=O)NCCCN2CC(C)OC(C)C2)c2cccnc12. The lowest BCUT2D eigenvalue weighted by Crippen LogP contribution is -2.46. The molecule has 142 valence electrons. The summed E-state index contributed by atoms with van der Waals surface area (Å²) in [5.74, 6) is 0. The molecule has 2 unspecified atom stereocenters. The fraction of sp³-hybridized carbons (Fsp3) is 0.526. The molecule has 2 heterocycles. The third kappa shape index (κ3) is 4.40. The van der Waals surface area contributed by atoms with Gasteiger partial charge in [-0.15, -0.1) is 0 Å². The van der Waals surface area contributed by atoms with Crippen LogP contribution in [0.3, 0.4) is 0 Å². The summed E-state index contributed by atoms with van der Waals surface area (Å²) in [4.78, 5) is 6.94. The summed E-state index contributed by atoms with van der Waals surface area (Å²) < 4.78 is 33.9. The van der Waals surface area contributed by atoms with Crippen LogP contribution in [0.1, 0.15) is 25.8 Å². The van der Waals surface area contributed by atoms with Gasteiger partial charge in [-0.1, -0.05) is 6.07 Å². The zero-order valence-electron chi connectivity index (χ0n) is 15.6. The molecule has 0 spiro atoms. The van der Waals surface area contributed by atoms with Gasteiger partial charge in [0.15, 0.2) is 0 Å². The fourth-order valence-electron chi connectivity index (χ4n) is 3.58. The second-order valence-electron chi connectivity index (χ2n) is 7.05. The number of fused-ring (bicyclic) bond motifs is 1. The van der Waals surface area contributed by atoms with E-state index in [1.165, 1.54) is 0 Å². The molecule has 1 aliphatic heterocycles. The van der Waals surface area contributed by atoms with Crippen LogP contribution >= 0.6 is 0 Å². The quantitative estimate of drug-likeness (QED) is 0.782. The second kappa shape index (κ2) is 8.00. The normalized spacial score (nSPS) is 22.0. The van der Waals surface area contributed by atoms with Gasteiger partial charge in [0.1, 0.15) is 0 Å². The lowest BCUT2D eigenvalue weighted by atomic mass is 10.1. The van der Waals surface area contributed by atoms with Gasteiger partial charge in [-0.05, 0) is 57.5 Å². The van der Waals surface area contributed by atoms with Crippen molar-refractivity contribution in [3.8, 4) is 0 Å². The van der Waals surface area contributed by atoms with Crippen LogP contribution in [-0.2, 0) is 14.8 Å². The molecule has 1 fully saturated rings. The van der Waals surface area contributed by atoms with Crippen LogP contribution < -0.4 is 4.72 Å². The largest absolute Gasteiger partial charge is 0.373 e. The van der Waals surface area contributed by atoms with Crippen LogP contribution in [0.4, 0.5) is 0 Å². The minimum absolute atomic E-state index is 0.224. The predicted octanol–water partition coefficient (Wildman–Crippen LogP) is 2.32. The highest BCUT2D eigenvalue weighted by Gasteiger charge is 2.22.